The number of benzene rings is 1. The van der Waals surface area contributed by atoms with Crippen molar-refractivity contribution in [2.75, 3.05) is 13.2 Å². The highest BCUT2D eigenvalue weighted by Crippen LogP contribution is 2.22. The standard InChI is InChI=1S/C17H24N2O4/c1-5-10-18-16(22)19-14(20)11-23-15(21)12-6-8-13(9-7-12)17(2,3)4/h6-9H,5,10-11H2,1-4H3,(H2,18,19,20,22). The molecule has 0 spiro atoms. The van der Waals surface area contributed by atoms with Crippen molar-refractivity contribution >= 4 is 17.9 Å². The monoisotopic (exact) mass is 320 g/mol. The third-order valence-electron chi connectivity index (χ3n) is 3.11. The molecule has 6 nitrogen and oxygen atoms in total. The van der Waals surface area contributed by atoms with Crippen LogP contribution in [0.2, 0.25) is 0 Å². The molecule has 1 aromatic carbocycles. The van der Waals surface area contributed by atoms with Crippen LogP contribution in [0.3, 0.4) is 0 Å². The number of nitrogens with one attached hydrogen (secondary N) is 2. The zero-order valence-corrected chi connectivity index (χ0v) is 14.1. The van der Waals surface area contributed by atoms with Gasteiger partial charge in [-0.05, 0) is 29.5 Å². The second-order valence-corrected chi connectivity index (χ2v) is 6.21. The number of urea groups is 1. The van der Waals surface area contributed by atoms with E-state index in [9.17, 15) is 14.4 Å². The van der Waals surface area contributed by atoms with Gasteiger partial charge in [-0.15, -0.1) is 0 Å². The number of hydrogen-bond acceptors (Lipinski definition) is 4. The molecule has 3 amide bonds. The molecule has 0 saturated heterocycles. The van der Waals surface area contributed by atoms with Crippen molar-refractivity contribution in [2.24, 2.45) is 0 Å². The fourth-order valence-electron chi connectivity index (χ4n) is 1.77. The summed E-state index contributed by atoms with van der Waals surface area (Å²) in [6.45, 7) is 8.10. The topological polar surface area (TPSA) is 84.5 Å². The van der Waals surface area contributed by atoms with E-state index in [1.54, 1.807) is 12.1 Å². The molecule has 0 atom stereocenters. The number of imide groups is 1. The third-order valence-corrected chi connectivity index (χ3v) is 3.11. The largest absolute Gasteiger partial charge is 0.452 e. The van der Waals surface area contributed by atoms with Gasteiger partial charge in [-0.3, -0.25) is 10.1 Å². The first-order valence-electron chi connectivity index (χ1n) is 7.59. The lowest BCUT2D eigenvalue weighted by Gasteiger charge is -2.18. The van der Waals surface area contributed by atoms with E-state index < -0.39 is 24.5 Å². The number of carbonyl (C=O) groups is 3. The van der Waals surface area contributed by atoms with Gasteiger partial charge in [-0.2, -0.15) is 0 Å². The quantitative estimate of drug-likeness (QED) is 0.816. The van der Waals surface area contributed by atoms with Crippen LogP contribution in [-0.2, 0) is 14.9 Å². The molecular weight excluding hydrogens is 296 g/mol. The molecular formula is C17H24N2O4. The highest BCUT2D eigenvalue weighted by atomic mass is 16.5. The fourth-order valence-corrected chi connectivity index (χ4v) is 1.77. The summed E-state index contributed by atoms with van der Waals surface area (Å²) in [6.07, 6.45) is 0.765. The first-order valence-corrected chi connectivity index (χ1v) is 7.59. The van der Waals surface area contributed by atoms with E-state index in [2.05, 4.69) is 31.4 Å². The predicted molar refractivity (Wildman–Crippen MR) is 87.3 cm³/mol. The number of carbonyl (C=O) groups excluding carboxylic acids is 3. The zero-order valence-electron chi connectivity index (χ0n) is 14.1. The summed E-state index contributed by atoms with van der Waals surface area (Å²) >= 11 is 0. The lowest BCUT2D eigenvalue weighted by Crippen LogP contribution is -2.41. The molecule has 0 aliphatic carbocycles. The van der Waals surface area contributed by atoms with Gasteiger partial charge in [0, 0.05) is 6.54 Å². The molecule has 126 valence electrons. The maximum atomic E-state index is 11.9. The summed E-state index contributed by atoms with van der Waals surface area (Å²) in [7, 11) is 0. The highest BCUT2D eigenvalue weighted by Gasteiger charge is 2.16. The molecule has 0 radical (unpaired) electrons. The lowest BCUT2D eigenvalue weighted by atomic mass is 9.87. The Kier molecular flexibility index (Phi) is 6.75. The molecule has 0 saturated carbocycles. The molecule has 0 unspecified atom stereocenters. The van der Waals surface area contributed by atoms with Crippen LogP contribution in [0.25, 0.3) is 0 Å². The van der Waals surface area contributed by atoms with Crippen molar-refractivity contribution in [2.45, 2.75) is 39.5 Å². The fraction of sp³-hybridized carbons (Fsp3) is 0.471. The van der Waals surface area contributed by atoms with E-state index in [1.165, 1.54) is 0 Å². The van der Waals surface area contributed by atoms with E-state index in [0.29, 0.717) is 12.1 Å². The first-order chi connectivity index (χ1) is 10.7. The molecule has 0 aromatic heterocycles. The SMILES string of the molecule is CCCNC(=O)NC(=O)COC(=O)c1ccc(C(C)(C)C)cc1. The van der Waals surface area contributed by atoms with Gasteiger partial charge in [0.2, 0.25) is 0 Å². The lowest BCUT2D eigenvalue weighted by molar-refractivity contribution is -0.123. The van der Waals surface area contributed by atoms with E-state index >= 15 is 0 Å². The van der Waals surface area contributed by atoms with Crippen LogP contribution in [0.1, 0.15) is 50.0 Å². The van der Waals surface area contributed by atoms with Crippen molar-refractivity contribution in [1.29, 1.82) is 0 Å². The Labute approximate surface area is 136 Å². The van der Waals surface area contributed by atoms with Crippen molar-refractivity contribution in [1.82, 2.24) is 10.6 Å². The van der Waals surface area contributed by atoms with Crippen LogP contribution >= 0.6 is 0 Å². The maximum absolute atomic E-state index is 11.9. The van der Waals surface area contributed by atoms with Gasteiger partial charge >= 0.3 is 12.0 Å². The number of ether oxygens (including phenoxy) is 1. The summed E-state index contributed by atoms with van der Waals surface area (Å²) in [5.41, 5.74) is 1.45. The molecule has 6 heteroatoms. The zero-order chi connectivity index (χ0) is 17.5. The minimum absolute atomic E-state index is 0.00578. The number of hydrogen-bond donors (Lipinski definition) is 2. The predicted octanol–water partition coefficient (Wildman–Crippen LogP) is 2.38. The molecule has 23 heavy (non-hydrogen) atoms. The summed E-state index contributed by atoms with van der Waals surface area (Å²) in [5, 5.41) is 4.58. The first kappa shape index (κ1) is 18.7. The maximum Gasteiger partial charge on any atom is 0.338 e. The van der Waals surface area contributed by atoms with Gasteiger partial charge in [0.15, 0.2) is 6.61 Å². The van der Waals surface area contributed by atoms with E-state index in [-0.39, 0.29) is 5.41 Å². The van der Waals surface area contributed by atoms with Gasteiger partial charge < -0.3 is 10.1 Å². The Morgan fingerprint density at radius 1 is 1.09 bits per heavy atom. The molecule has 0 fully saturated rings. The number of amides is 3. The van der Waals surface area contributed by atoms with Crippen molar-refractivity contribution in [3.8, 4) is 0 Å². The average Bonchev–Trinajstić information content (AvgIpc) is 2.49. The Morgan fingerprint density at radius 3 is 2.22 bits per heavy atom. The van der Waals surface area contributed by atoms with Crippen LogP contribution in [0.15, 0.2) is 24.3 Å². The van der Waals surface area contributed by atoms with Crippen molar-refractivity contribution in [3.05, 3.63) is 35.4 Å². The van der Waals surface area contributed by atoms with E-state index in [1.807, 2.05) is 19.1 Å². The molecule has 0 heterocycles. The molecule has 0 aliphatic rings. The Morgan fingerprint density at radius 2 is 1.70 bits per heavy atom. The Bertz CT molecular complexity index is 559. The summed E-state index contributed by atoms with van der Waals surface area (Å²) in [5.74, 6) is -1.27. The summed E-state index contributed by atoms with van der Waals surface area (Å²) in [6, 6.07) is 6.44. The molecule has 1 rings (SSSR count). The second-order valence-electron chi connectivity index (χ2n) is 6.21. The van der Waals surface area contributed by atoms with Gasteiger partial charge in [-0.25, -0.2) is 9.59 Å². The van der Waals surface area contributed by atoms with Gasteiger partial charge in [0.25, 0.3) is 5.91 Å². The van der Waals surface area contributed by atoms with Gasteiger partial charge in [0.1, 0.15) is 0 Å². The highest BCUT2D eigenvalue weighted by molar-refractivity contribution is 5.97. The van der Waals surface area contributed by atoms with E-state index in [4.69, 9.17) is 4.74 Å². The van der Waals surface area contributed by atoms with Crippen LogP contribution in [0.4, 0.5) is 4.79 Å². The van der Waals surface area contributed by atoms with E-state index in [0.717, 1.165) is 12.0 Å². The smallest absolute Gasteiger partial charge is 0.338 e. The summed E-state index contributed by atoms with van der Waals surface area (Å²) in [4.78, 5) is 34.6. The van der Waals surface area contributed by atoms with Crippen LogP contribution in [0.5, 0.6) is 0 Å². The molecule has 2 N–H and O–H groups in total. The van der Waals surface area contributed by atoms with Gasteiger partial charge in [0.05, 0.1) is 5.56 Å². The van der Waals surface area contributed by atoms with Crippen LogP contribution < -0.4 is 10.6 Å². The summed E-state index contributed by atoms with van der Waals surface area (Å²) < 4.78 is 4.89. The van der Waals surface area contributed by atoms with Crippen molar-refractivity contribution < 1.29 is 19.1 Å². The van der Waals surface area contributed by atoms with Gasteiger partial charge in [-0.1, -0.05) is 39.8 Å². The minimum atomic E-state index is -0.668. The normalized spacial score (nSPS) is 10.8. The number of rotatable bonds is 5. The van der Waals surface area contributed by atoms with Crippen LogP contribution in [-0.4, -0.2) is 31.1 Å². The molecule has 1 aromatic rings. The molecule has 0 bridgehead atoms. The van der Waals surface area contributed by atoms with Crippen molar-refractivity contribution in [3.63, 3.8) is 0 Å². The second kappa shape index (κ2) is 8.31. The Balaban J connectivity index is 2.47. The third kappa shape index (κ3) is 6.50. The number of esters is 1. The minimum Gasteiger partial charge on any atom is -0.452 e. The molecule has 0 aliphatic heterocycles. The average molecular weight is 320 g/mol. The Hall–Kier alpha value is -2.37. The van der Waals surface area contributed by atoms with Crippen LogP contribution in [0, 0.1) is 0 Å².